The summed E-state index contributed by atoms with van der Waals surface area (Å²) >= 11 is 0. The van der Waals surface area contributed by atoms with Gasteiger partial charge in [-0.05, 0) is 54.4 Å². The third-order valence-corrected chi connectivity index (χ3v) is 6.88. The van der Waals surface area contributed by atoms with Crippen LogP contribution in [0.25, 0.3) is 11.1 Å². The van der Waals surface area contributed by atoms with Crippen molar-refractivity contribution in [1.82, 2.24) is 10.6 Å². The van der Waals surface area contributed by atoms with Crippen molar-refractivity contribution in [3.05, 3.63) is 59.7 Å². The molecule has 2 aromatic carbocycles. The lowest BCUT2D eigenvalue weighted by molar-refractivity contribution is -0.142. The highest BCUT2D eigenvalue weighted by molar-refractivity contribution is 5.79. The zero-order chi connectivity index (χ0) is 25.0. The summed E-state index contributed by atoms with van der Waals surface area (Å²) in [5.41, 5.74) is 3.19. The number of hydrogen-bond acceptors (Lipinski definition) is 5. The van der Waals surface area contributed by atoms with E-state index in [2.05, 4.69) is 34.9 Å². The van der Waals surface area contributed by atoms with E-state index in [1.165, 1.54) is 18.1 Å². The van der Waals surface area contributed by atoms with Gasteiger partial charge in [-0.25, -0.2) is 4.79 Å². The number of aliphatic hydroxyl groups is 1. The normalized spacial score (nSPS) is 20.4. The van der Waals surface area contributed by atoms with Crippen LogP contribution in [-0.4, -0.2) is 53.0 Å². The predicted octanol–water partition coefficient (Wildman–Crippen LogP) is 3.43. The molecule has 186 valence electrons. The average molecular weight is 481 g/mol. The first-order valence-electron chi connectivity index (χ1n) is 12.0. The second-order valence-corrected chi connectivity index (χ2v) is 9.89. The van der Waals surface area contributed by atoms with Gasteiger partial charge in [0, 0.05) is 24.9 Å². The number of carbonyl (C=O) groups is 3. The Morgan fingerprint density at radius 2 is 1.66 bits per heavy atom. The third-order valence-electron chi connectivity index (χ3n) is 6.88. The Kier molecular flexibility index (Phi) is 7.40. The lowest BCUT2D eigenvalue weighted by Crippen LogP contribution is -2.42. The standard InChI is InChI=1S/C27H32N2O6/c1-27(34,14-25(31)32)16-28-24(30)13-17-10-11-18(12-17)29-26(33)35-15-23-21-8-4-2-6-19(21)20-7-3-5-9-22(20)23/h2-9,17-18,23,34H,10-16H2,1H3,(H,28,30)(H,29,33)(H,31,32)/t17-,18+,27?/m1/s1. The molecule has 8 heteroatoms. The molecule has 0 bridgehead atoms. The van der Waals surface area contributed by atoms with Crippen LogP contribution in [0.15, 0.2) is 48.5 Å². The van der Waals surface area contributed by atoms with E-state index in [9.17, 15) is 19.5 Å². The van der Waals surface area contributed by atoms with Gasteiger partial charge < -0.3 is 25.6 Å². The van der Waals surface area contributed by atoms with Crippen molar-refractivity contribution in [2.24, 2.45) is 5.92 Å². The molecule has 0 aromatic heterocycles. The van der Waals surface area contributed by atoms with Crippen molar-refractivity contribution in [3.63, 3.8) is 0 Å². The molecule has 0 radical (unpaired) electrons. The molecule has 2 amide bonds. The Labute approximate surface area is 204 Å². The fraction of sp³-hybridized carbons (Fsp3) is 0.444. The molecule has 35 heavy (non-hydrogen) atoms. The van der Waals surface area contributed by atoms with Crippen LogP contribution < -0.4 is 10.6 Å². The molecule has 0 saturated heterocycles. The average Bonchev–Trinajstić information content (AvgIpc) is 3.37. The highest BCUT2D eigenvalue weighted by Crippen LogP contribution is 2.44. The molecule has 2 aliphatic rings. The summed E-state index contributed by atoms with van der Waals surface area (Å²) in [6.45, 7) is 1.52. The highest BCUT2D eigenvalue weighted by Gasteiger charge is 2.31. The van der Waals surface area contributed by atoms with Gasteiger partial charge in [-0.2, -0.15) is 0 Å². The molecule has 3 atom stereocenters. The molecule has 1 saturated carbocycles. The number of fused-ring (bicyclic) bond motifs is 3. The first-order chi connectivity index (χ1) is 16.7. The molecule has 1 unspecified atom stereocenters. The molecule has 2 aliphatic carbocycles. The maximum absolute atomic E-state index is 12.5. The summed E-state index contributed by atoms with van der Waals surface area (Å²) in [5.74, 6) is -1.24. The zero-order valence-electron chi connectivity index (χ0n) is 19.8. The Morgan fingerprint density at radius 3 is 2.29 bits per heavy atom. The van der Waals surface area contributed by atoms with Crippen molar-refractivity contribution in [2.75, 3.05) is 13.2 Å². The van der Waals surface area contributed by atoms with Crippen LogP contribution in [0.3, 0.4) is 0 Å². The van der Waals surface area contributed by atoms with Crippen LogP contribution in [0, 0.1) is 5.92 Å². The first kappa shape index (κ1) is 24.7. The van der Waals surface area contributed by atoms with E-state index in [0.717, 1.165) is 24.0 Å². The van der Waals surface area contributed by atoms with Gasteiger partial charge in [-0.15, -0.1) is 0 Å². The van der Waals surface area contributed by atoms with Gasteiger partial charge in [-0.3, -0.25) is 9.59 Å². The largest absolute Gasteiger partial charge is 0.481 e. The summed E-state index contributed by atoms with van der Waals surface area (Å²) in [6.07, 6.45) is 1.61. The van der Waals surface area contributed by atoms with Crippen molar-refractivity contribution in [1.29, 1.82) is 0 Å². The SMILES string of the molecule is CC(O)(CNC(=O)C[C@@H]1CC[C@H](NC(=O)OCC2c3ccccc3-c3ccccc32)C1)CC(=O)O. The number of carbonyl (C=O) groups excluding carboxylic acids is 2. The van der Waals surface area contributed by atoms with Crippen LogP contribution in [0.1, 0.15) is 56.1 Å². The van der Waals surface area contributed by atoms with Crippen LogP contribution in [-0.2, 0) is 14.3 Å². The number of ether oxygens (including phenoxy) is 1. The lowest BCUT2D eigenvalue weighted by Gasteiger charge is -2.22. The Bertz CT molecular complexity index is 1050. The number of benzene rings is 2. The smallest absolute Gasteiger partial charge is 0.407 e. The van der Waals surface area contributed by atoms with Gasteiger partial charge in [0.2, 0.25) is 5.91 Å². The van der Waals surface area contributed by atoms with E-state index in [1.807, 2.05) is 24.3 Å². The quantitative estimate of drug-likeness (QED) is 0.436. The second kappa shape index (κ2) is 10.5. The summed E-state index contributed by atoms with van der Waals surface area (Å²) in [6, 6.07) is 16.3. The Hall–Kier alpha value is -3.39. The van der Waals surface area contributed by atoms with Crippen molar-refractivity contribution in [2.45, 2.75) is 56.6 Å². The van der Waals surface area contributed by atoms with E-state index < -0.39 is 24.1 Å². The van der Waals surface area contributed by atoms with E-state index in [4.69, 9.17) is 9.84 Å². The van der Waals surface area contributed by atoms with Crippen LogP contribution in [0.4, 0.5) is 4.79 Å². The van der Waals surface area contributed by atoms with Crippen LogP contribution in [0.5, 0.6) is 0 Å². The maximum atomic E-state index is 12.5. The predicted molar refractivity (Wildman–Crippen MR) is 130 cm³/mol. The molecule has 4 rings (SSSR count). The minimum Gasteiger partial charge on any atom is -0.481 e. The molecule has 2 aromatic rings. The topological polar surface area (TPSA) is 125 Å². The second-order valence-electron chi connectivity index (χ2n) is 9.89. The van der Waals surface area contributed by atoms with Gasteiger partial charge in [0.05, 0.1) is 12.0 Å². The van der Waals surface area contributed by atoms with E-state index in [0.29, 0.717) is 6.42 Å². The number of nitrogens with one attached hydrogen (secondary N) is 2. The molecule has 0 heterocycles. The number of carboxylic acids is 1. The summed E-state index contributed by atoms with van der Waals surface area (Å²) in [5, 5.41) is 24.4. The Morgan fingerprint density at radius 1 is 1.03 bits per heavy atom. The van der Waals surface area contributed by atoms with E-state index in [-0.39, 0.29) is 43.4 Å². The molecule has 0 spiro atoms. The molecule has 1 fully saturated rings. The van der Waals surface area contributed by atoms with Gasteiger partial charge >= 0.3 is 12.1 Å². The number of alkyl carbamates (subject to hydrolysis) is 1. The van der Waals surface area contributed by atoms with Crippen molar-refractivity contribution in [3.8, 4) is 11.1 Å². The number of amides is 2. The summed E-state index contributed by atoms with van der Waals surface area (Å²) < 4.78 is 5.62. The highest BCUT2D eigenvalue weighted by atomic mass is 16.5. The van der Waals surface area contributed by atoms with E-state index in [1.54, 1.807) is 0 Å². The third kappa shape index (κ3) is 6.19. The zero-order valence-corrected chi connectivity index (χ0v) is 19.8. The maximum Gasteiger partial charge on any atom is 0.407 e. The molecule has 0 aliphatic heterocycles. The summed E-state index contributed by atoms with van der Waals surface area (Å²) in [7, 11) is 0. The van der Waals surface area contributed by atoms with Gasteiger partial charge in [-0.1, -0.05) is 48.5 Å². The number of carboxylic acid groups (broad SMARTS) is 1. The molecular weight excluding hydrogens is 448 g/mol. The van der Waals surface area contributed by atoms with Crippen LogP contribution >= 0.6 is 0 Å². The van der Waals surface area contributed by atoms with Crippen molar-refractivity contribution < 1.29 is 29.3 Å². The van der Waals surface area contributed by atoms with Crippen LogP contribution in [0.2, 0.25) is 0 Å². The molecular formula is C27H32N2O6. The number of aliphatic carboxylic acids is 1. The van der Waals surface area contributed by atoms with Gasteiger partial charge in [0.15, 0.2) is 0 Å². The number of rotatable bonds is 9. The van der Waals surface area contributed by atoms with Gasteiger partial charge in [0.1, 0.15) is 6.61 Å². The fourth-order valence-corrected chi connectivity index (χ4v) is 5.21. The summed E-state index contributed by atoms with van der Waals surface area (Å²) in [4.78, 5) is 35.5. The first-order valence-corrected chi connectivity index (χ1v) is 12.0. The lowest BCUT2D eigenvalue weighted by atomic mass is 9.98. The van der Waals surface area contributed by atoms with E-state index >= 15 is 0 Å². The van der Waals surface area contributed by atoms with Gasteiger partial charge in [0.25, 0.3) is 0 Å². The molecule has 8 nitrogen and oxygen atoms in total. The minimum atomic E-state index is -1.49. The monoisotopic (exact) mass is 480 g/mol. The fourth-order valence-electron chi connectivity index (χ4n) is 5.21. The number of hydrogen-bond donors (Lipinski definition) is 4. The Balaban J connectivity index is 1.22. The minimum absolute atomic E-state index is 0.00603. The van der Waals surface area contributed by atoms with Crippen molar-refractivity contribution >= 4 is 18.0 Å². The molecule has 4 N–H and O–H groups in total.